The van der Waals surface area contributed by atoms with Crippen LogP contribution in [0.25, 0.3) is 33.4 Å². The smallest absolute Gasteiger partial charge is 0.137 e. The molecule has 0 saturated carbocycles. The van der Waals surface area contributed by atoms with Crippen LogP contribution >= 0.6 is 0 Å². The van der Waals surface area contributed by atoms with E-state index in [1.165, 1.54) is 6.07 Å². The summed E-state index contributed by atoms with van der Waals surface area (Å²) in [5, 5.41) is 16.8. The predicted octanol–water partition coefficient (Wildman–Crippen LogP) is 7.30. The number of carboxylic acids is 1. The van der Waals surface area contributed by atoms with Crippen LogP contribution in [-0.4, -0.2) is 18.9 Å². The number of nitrogens with zero attached hydrogens (tertiary/aromatic N) is 1. The number of rotatable bonds is 6. The third-order valence-corrected chi connectivity index (χ3v) is 9.55. The van der Waals surface area contributed by atoms with Crippen molar-refractivity contribution in [1.82, 2.24) is 0 Å². The number of aryl methyl sites for hydroxylation is 5. The van der Waals surface area contributed by atoms with Gasteiger partial charge < -0.3 is 24.2 Å². The van der Waals surface area contributed by atoms with E-state index in [-0.39, 0.29) is 10.5 Å². The number of anilines is 2. The van der Waals surface area contributed by atoms with Gasteiger partial charge in [0.2, 0.25) is 0 Å². The van der Waals surface area contributed by atoms with E-state index in [0.29, 0.717) is 61.3 Å². The van der Waals surface area contributed by atoms with E-state index in [1.807, 2.05) is 52.0 Å². The van der Waals surface area contributed by atoms with Crippen LogP contribution in [0.2, 0.25) is 0 Å². The molecule has 0 saturated heterocycles. The van der Waals surface area contributed by atoms with Gasteiger partial charge in [0.1, 0.15) is 21.5 Å². The molecule has 4 aromatic carbocycles. The number of carbonyl (C=O) groups is 1. The topological polar surface area (TPSA) is 135 Å². The molecule has 8 nitrogen and oxygen atoms in total. The second-order valence-corrected chi connectivity index (χ2v) is 13.3. The minimum absolute atomic E-state index is 0.0421. The van der Waals surface area contributed by atoms with Gasteiger partial charge in [-0.2, -0.15) is 0 Å². The van der Waals surface area contributed by atoms with Crippen LogP contribution in [0.3, 0.4) is 0 Å². The number of fused-ring (bicyclic) bond motifs is 2. The van der Waals surface area contributed by atoms with Crippen LogP contribution < -0.4 is 15.8 Å². The molecule has 6 rings (SSSR count). The Bertz CT molecular complexity index is 2380. The zero-order valence-corrected chi connectivity index (χ0v) is 27.6. The van der Waals surface area contributed by atoms with Gasteiger partial charge >= 0.3 is 0 Å². The molecule has 1 aliphatic heterocycles. The number of carbonyl (C=O) groups excluding carboxylic acids is 1. The van der Waals surface area contributed by atoms with Crippen LogP contribution in [0.5, 0.6) is 0 Å². The zero-order valence-electron chi connectivity index (χ0n) is 26.8. The van der Waals surface area contributed by atoms with Crippen LogP contribution in [0.1, 0.15) is 43.7 Å². The maximum absolute atomic E-state index is 12.2. The molecular formula is C38H32N2O6S-2. The molecule has 9 heteroatoms. The first-order valence-electron chi connectivity index (χ1n) is 15.0. The minimum Gasteiger partial charge on any atom is -0.744 e. The van der Waals surface area contributed by atoms with Crippen molar-refractivity contribution in [2.45, 2.75) is 46.4 Å². The van der Waals surface area contributed by atoms with Gasteiger partial charge in [0, 0.05) is 45.6 Å². The highest BCUT2D eigenvalue weighted by molar-refractivity contribution is 7.85. The molecule has 0 atom stereocenters. The number of hydrogen-bond donors (Lipinski definition) is 1. The summed E-state index contributed by atoms with van der Waals surface area (Å²) in [5.41, 5.74) is 8.98. The van der Waals surface area contributed by atoms with Crippen LogP contribution in [0, 0.1) is 41.5 Å². The maximum atomic E-state index is 12.2. The summed E-state index contributed by atoms with van der Waals surface area (Å²) in [6, 6.07) is 23.5. The first kappa shape index (κ1) is 31.7. The molecule has 0 amide bonds. The fraction of sp³-hybridized carbons (Fsp3) is 0.158. The predicted molar refractivity (Wildman–Crippen MR) is 180 cm³/mol. The van der Waals surface area contributed by atoms with Crippen molar-refractivity contribution in [3.63, 3.8) is 0 Å². The maximum Gasteiger partial charge on any atom is 0.137 e. The zero-order chi connectivity index (χ0) is 33.8. The van der Waals surface area contributed by atoms with Crippen molar-refractivity contribution in [1.29, 1.82) is 0 Å². The van der Waals surface area contributed by atoms with Gasteiger partial charge in [-0.1, -0.05) is 48.0 Å². The largest absolute Gasteiger partial charge is 0.744 e. The SMILES string of the molecule is Cc1cc(C)c(N=c2ccc3c(-c4ccccc4C(=O)[O-])c4ccc(Nc5c(C)cc(C)c(S(=O)(=O)[O-])c5C)cc4oc-3c2)c(C)c1. The molecule has 0 aromatic heterocycles. The summed E-state index contributed by atoms with van der Waals surface area (Å²) in [6.45, 7) is 11.1. The second-order valence-electron chi connectivity index (χ2n) is 12.0. The molecule has 1 heterocycles. The Hall–Kier alpha value is -5.25. The molecule has 2 aliphatic rings. The quantitative estimate of drug-likeness (QED) is 0.148. The molecule has 1 aliphatic carbocycles. The van der Waals surface area contributed by atoms with Crippen molar-refractivity contribution in [2.24, 2.45) is 4.99 Å². The van der Waals surface area contributed by atoms with E-state index in [9.17, 15) is 22.9 Å². The molecular weight excluding hydrogens is 612 g/mol. The minimum atomic E-state index is -4.71. The summed E-state index contributed by atoms with van der Waals surface area (Å²) >= 11 is 0. The number of hydrogen-bond acceptors (Lipinski definition) is 8. The van der Waals surface area contributed by atoms with Gasteiger partial charge in [-0.05, 0) is 99.2 Å². The van der Waals surface area contributed by atoms with Gasteiger partial charge in [0.15, 0.2) is 0 Å². The highest BCUT2D eigenvalue weighted by Gasteiger charge is 2.21. The Balaban J connectivity index is 1.60. The monoisotopic (exact) mass is 644 g/mol. The molecule has 0 spiro atoms. The number of benzene rings is 5. The lowest BCUT2D eigenvalue weighted by Crippen LogP contribution is -2.23. The van der Waals surface area contributed by atoms with Crippen molar-refractivity contribution in [3.8, 4) is 22.5 Å². The molecule has 0 radical (unpaired) electrons. The van der Waals surface area contributed by atoms with E-state index in [2.05, 4.69) is 17.4 Å². The molecule has 0 unspecified atom stereocenters. The molecule has 4 aromatic rings. The Morgan fingerprint density at radius 1 is 0.787 bits per heavy atom. The van der Waals surface area contributed by atoms with Gasteiger partial charge in [-0.25, -0.2) is 13.4 Å². The molecule has 238 valence electrons. The van der Waals surface area contributed by atoms with Crippen molar-refractivity contribution < 1.29 is 27.3 Å². The van der Waals surface area contributed by atoms with E-state index in [0.717, 1.165) is 27.9 Å². The van der Waals surface area contributed by atoms with E-state index < -0.39 is 16.1 Å². The lowest BCUT2D eigenvalue weighted by molar-refractivity contribution is -0.254. The standard InChI is InChI=1S/C38H34N2O6S/c1-20-15-21(2)35(22(3)16-20)39-26-11-13-30-32(18-26)46-33-19-27(40-36-23(4)17-24(5)37(25(36)6)47(43,44)45)12-14-31(33)34(30)28-9-7-8-10-29(28)38(41)42/h7-19,40H,1-6H3,(H,41,42)(H,43,44,45)/p-2. The molecule has 0 bridgehead atoms. The second kappa shape index (κ2) is 11.8. The van der Waals surface area contributed by atoms with E-state index >= 15 is 0 Å². The highest BCUT2D eigenvalue weighted by Crippen LogP contribution is 2.42. The summed E-state index contributed by atoms with van der Waals surface area (Å²) in [6.07, 6.45) is 0. The Morgan fingerprint density at radius 2 is 1.49 bits per heavy atom. The Kier molecular flexibility index (Phi) is 7.99. The molecule has 47 heavy (non-hydrogen) atoms. The fourth-order valence-corrected chi connectivity index (χ4v) is 7.49. The van der Waals surface area contributed by atoms with Gasteiger partial charge in [0.25, 0.3) is 0 Å². The van der Waals surface area contributed by atoms with Crippen molar-refractivity contribution in [3.05, 3.63) is 123 Å². The van der Waals surface area contributed by atoms with Crippen LogP contribution in [0.4, 0.5) is 17.1 Å². The first-order chi connectivity index (χ1) is 22.2. The summed E-state index contributed by atoms with van der Waals surface area (Å²) in [7, 11) is -4.71. The van der Waals surface area contributed by atoms with Gasteiger partial charge in [-0.15, -0.1) is 0 Å². The number of carboxylic acid groups (broad SMARTS) is 1. The van der Waals surface area contributed by atoms with Gasteiger partial charge in [0.05, 0.1) is 21.9 Å². The normalized spacial score (nSPS) is 12.2. The van der Waals surface area contributed by atoms with Crippen molar-refractivity contribution >= 4 is 44.1 Å². The summed E-state index contributed by atoms with van der Waals surface area (Å²) in [5.74, 6) is -0.809. The lowest BCUT2D eigenvalue weighted by Gasteiger charge is -2.21. The third kappa shape index (κ3) is 5.91. The summed E-state index contributed by atoms with van der Waals surface area (Å²) < 4.78 is 42.7. The average molecular weight is 645 g/mol. The Morgan fingerprint density at radius 3 is 2.17 bits per heavy atom. The number of nitrogens with one attached hydrogen (secondary N) is 1. The Labute approximate surface area is 273 Å². The fourth-order valence-electron chi connectivity index (χ4n) is 6.56. The van der Waals surface area contributed by atoms with Crippen molar-refractivity contribution in [2.75, 3.05) is 5.32 Å². The van der Waals surface area contributed by atoms with E-state index in [4.69, 9.17) is 9.41 Å². The number of aromatic carboxylic acids is 1. The highest BCUT2D eigenvalue weighted by atomic mass is 32.2. The van der Waals surface area contributed by atoms with Crippen LogP contribution in [0.15, 0.2) is 93.2 Å². The molecule has 1 N–H and O–H groups in total. The molecule has 0 fully saturated rings. The first-order valence-corrected chi connectivity index (χ1v) is 16.4. The summed E-state index contributed by atoms with van der Waals surface area (Å²) in [4.78, 5) is 16.9. The van der Waals surface area contributed by atoms with Gasteiger partial charge in [-0.3, -0.25) is 0 Å². The average Bonchev–Trinajstić information content (AvgIpc) is 2.98. The third-order valence-electron chi connectivity index (χ3n) is 8.42. The van der Waals surface area contributed by atoms with E-state index in [1.54, 1.807) is 50.2 Å². The van der Waals surface area contributed by atoms with Crippen LogP contribution in [-0.2, 0) is 10.1 Å². The lowest BCUT2D eigenvalue weighted by atomic mass is 9.90.